The van der Waals surface area contributed by atoms with Crippen LogP contribution in [-0.4, -0.2) is 64.8 Å². The standard InChI is InChI=1S/C22H22O9/c1-28-12-4-2-11(3-5-12)15-10-29-16-8-13(6-7-14(16)18(15)24)30-22-21(27)20(26)19(25)17(9-23)31-22/h2-8,10,17,19-23,25-27H,9H2,1H3/t17-,19-,20-,21-,22+/m1/s1. The van der Waals surface area contributed by atoms with Crippen LogP contribution in [0.5, 0.6) is 11.5 Å². The fourth-order valence-electron chi connectivity index (χ4n) is 3.45. The average Bonchev–Trinajstić information content (AvgIpc) is 2.80. The monoisotopic (exact) mass is 430 g/mol. The van der Waals surface area contributed by atoms with Crippen molar-refractivity contribution in [2.24, 2.45) is 0 Å². The van der Waals surface area contributed by atoms with E-state index < -0.39 is 37.3 Å². The van der Waals surface area contributed by atoms with Crippen molar-refractivity contribution >= 4 is 11.0 Å². The molecule has 0 spiro atoms. The van der Waals surface area contributed by atoms with Crippen molar-refractivity contribution in [3.05, 3.63) is 59.0 Å². The highest BCUT2D eigenvalue weighted by atomic mass is 16.7. The van der Waals surface area contributed by atoms with Crippen LogP contribution in [0.15, 0.2) is 57.9 Å². The van der Waals surface area contributed by atoms with Crippen LogP contribution >= 0.6 is 0 Å². The Morgan fingerprint density at radius 1 is 0.968 bits per heavy atom. The van der Waals surface area contributed by atoms with Gasteiger partial charge in [0.15, 0.2) is 5.43 Å². The number of benzene rings is 2. The molecule has 9 heteroatoms. The third-order valence-electron chi connectivity index (χ3n) is 5.25. The van der Waals surface area contributed by atoms with Crippen LogP contribution in [-0.2, 0) is 4.74 Å². The summed E-state index contributed by atoms with van der Waals surface area (Å²) in [4.78, 5) is 12.9. The molecule has 0 bridgehead atoms. The summed E-state index contributed by atoms with van der Waals surface area (Å²) in [5, 5.41) is 39.5. The highest BCUT2D eigenvalue weighted by Crippen LogP contribution is 2.28. The molecule has 1 aromatic heterocycles. The van der Waals surface area contributed by atoms with Gasteiger partial charge >= 0.3 is 0 Å². The number of ether oxygens (including phenoxy) is 3. The summed E-state index contributed by atoms with van der Waals surface area (Å²) < 4.78 is 21.7. The first-order chi connectivity index (χ1) is 14.9. The van der Waals surface area contributed by atoms with Crippen LogP contribution in [0.4, 0.5) is 0 Å². The predicted octanol–water partition coefficient (Wildman–Crippen LogP) is 0.647. The van der Waals surface area contributed by atoms with E-state index in [9.17, 15) is 25.2 Å². The van der Waals surface area contributed by atoms with Crippen LogP contribution < -0.4 is 14.9 Å². The van der Waals surface area contributed by atoms with Crippen LogP contribution in [0.1, 0.15) is 0 Å². The van der Waals surface area contributed by atoms with Crippen molar-refractivity contribution in [1.82, 2.24) is 0 Å². The molecule has 1 saturated heterocycles. The van der Waals surface area contributed by atoms with Crippen molar-refractivity contribution in [2.45, 2.75) is 30.7 Å². The van der Waals surface area contributed by atoms with Gasteiger partial charge in [0.25, 0.3) is 0 Å². The summed E-state index contributed by atoms with van der Waals surface area (Å²) in [6.07, 6.45) is -5.65. The molecule has 9 nitrogen and oxygen atoms in total. The molecule has 0 unspecified atom stereocenters. The van der Waals surface area contributed by atoms with E-state index in [0.717, 1.165) is 0 Å². The topological polar surface area (TPSA) is 139 Å². The Labute approximate surface area is 176 Å². The van der Waals surface area contributed by atoms with E-state index in [2.05, 4.69) is 0 Å². The number of rotatable bonds is 5. The molecule has 2 aromatic carbocycles. The molecule has 3 aromatic rings. The van der Waals surface area contributed by atoms with Crippen molar-refractivity contribution in [1.29, 1.82) is 0 Å². The minimum atomic E-state index is -1.55. The molecule has 2 heterocycles. The van der Waals surface area contributed by atoms with Gasteiger partial charge < -0.3 is 39.1 Å². The Morgan fingerprint density at radius 3 is 2.35 bits per heavy atom. The fraction of sp³-hybridized carbons (Fsp3) is 0.318. The lowest BCUT2D eigenvalue weighted by molar-refractivity contribution is -0.277. The summed E-state index contributed by atoms with van der Waals surface area (Å²) >= 11 is 0. The van der Waals surface area contributed by atoms with Gasteiger partial charge in [-0.05, 0) is 29.8 Å². The van der Waals surface area contributed by atoms with Gasteiger partial charge in [0.2, 0.25) is 6.29 Å². The summed E-state index contributed by atoms with van der Waals surface area (Å²) in [6, 6.07) is 11.5. The van der Waals surface area contributed by atoms with E-state index in [0.29, 0.717) is 22.3 Å². The lowest BCUT2D eigenvalue weighted by Gasteiger charge is -2.39. The number of aliphatic hydroxyl groups is 4. The minimum Gasteiger partial charge on any atom is -0.497 e. The Balaban J connectivity index is 1.61. The maximum Gasteiger partial charge on any atom is 0.229 e. The number of hydrogen-bond donors (Lipinski definition) is 4. The molecule has 5 atom stereocenters. The van der Waals surface area contributed by atoms with Crippen LogP contribution in [0.2, 0.25) is 0 Å². The lowest BCUT2D eigenvalue weighted by atomic mass is 9.99. The highest BCUT2D eigenvalue weighted by Gasteiger charge is 2.44. The van der Waals surface area contributed by atoms with E-state index in [4.69, 9.17) is 18.6 Å². The Bertz CT molecular complexity index is 1110. The van der Waals surface area contributed by atoms with Gasteiger partial charge in [0.05, 0.1) is 24.7 Å². The van der Waals surface area contributed by atoms with Gasteiger partial charge in [-0.15, -0.1) is 0 Å². The molecule has 4 rings (SSSR count). The number of methoxy groups -OCH3 is 1. The fourth-order valence-corrected chi connectivity index (χ4v) is 3.45. The third-order valence-corrected chi connectivity index (χ3v) is 5.25. The van der Waals surface area contributed by atoms with E-state index in [1.54, 1.807) is 31.4 Å². The summed E-state index contributed by atoms with van der Waals surface area (Å²) in [6.45, 7) is -0.564. The highest BCUT2D eigenvalue weighted by molar-refractivity contribution is 5.82. The SMILES string of the molecule is COc1ccc(-c2coc3cc(O[C@H]4O[C@H](CO)[C@@H](O)[C@@H](O)[C@H]4O)ccc3c2=O)cc1. The van der Waals surface area contributed by atoms with Gasteiger partial charge in [-0.25, -0.2) is 0 Å². The summed E-state index contributed by atoms with van der Waals surface area (Å²) in [5.41, 5.74) is 1.09. The first kappa shape index (κ1) is 21.3. The second kappa shape index (κ2) is 8.66. The molecule has 0 radical (unpaired) electrons. The number of fused-ring (bicyclic) bond motifs is 1. The second-order valence-electron chi connectivity index (χ2n) is 7.18. The molecule has 164 valence electrons. The molecular weight excluding hydrogens is 408 g/mol. The van der Waals surface area contributed by atoms with E-state index in [-0.39, 0.29) is 16.8 Å². The van der Waals surface area contributed by atoms with E-state index >= 15 is 0 Å². The lowest BCUT2D eigenvalue weighted by Crippen LogP contribution is -2.60. The number of aliphatic hydroxyl groups excluding tert-OH is 4. The number of hydrogen-bond acceptors (Lipinski definition) is 9. The molecule has 0 saturated carbocycles. The maximum atomic E-state index is 12.9. The Hall–Kier alpha value is -2.95. The van der Waals surface area contributed by atoms with Gasteiger partial charge in [0.1, 0.15) is 47.8 Å². The second-order valence-corrected chi connectivity index (χ2v) is 7.18. The van der Waals surface area contributed by atoms with Gasteiger partial charge in [0, 0.05) is 6.07 Å². The smallest absolute Gasteiger partial charge is 0.229 e. The molecule has 0 amide bonds. The zero-order valence-corrected chi connectivity index (χ0v) is 16.5. The van der Waals surface area contributed by atoms with Crippen LogP contribution in [0, 0.1) is 0 Å². The maximum absolute atomic E-state index is 12.9. The van der Waals surface area contributed by atoms with Crippen LogP contribution in [0.25, 0.3) is 22.1 Å². The molecule has 0 aliphatic carbocycles. The van der Waals surface area contributed by atoms with Gasteiger partial charge in [-0.3, -0.25) is 4.79 Å². The first-order valence-corrected chi connectivity index (χ1v) is 9.60. The third kappa shape index (κ3) is 4.01. The Morgan fingerprint density at radius 2 is 1.68 bits per heavy atom. The van der Waals surface area contributed by atoms with Crippen LogP contribution in [0.3, 0.4) is 0 Å². The normalized spacial score (nSPS) is 26.0. The average molecular weight is 430 g/mol. The molecule has 31 heavy (non-hydrogen) atoms. The summed E-state index contributed by atoms with van der Waals surface area (Å²) in [5.74, 6) is 0.876. The predicted molar refractivity (Wildman–Crippen MR) is 109 cm³/mol. The molecule has 1 fully saturated rings. The van der Waals surface area contributed by atoms with Crippen molar-refractivity contribution in [3.8, 4) is 22.6 Å². The first-order valence-electron chi connectivity index (χ1n) is 9.60. The zero-order chi connectivity index (χ0) is 22.1. The minimum absolute atomic E-state index is 0.206. The molecular formula is C22H22O9. The largest absolute Gasteiger partial charge is 0.497 e. The summed E-state index contributed by atoms with van der Waals surface area (Å²) in [7, 11) is 1.56. The zero-order valence-electron chi connectivity index (χ0n) is 16.5. The molecule has 1 aliphatic heterocycles. The van der Waals surface area contributed by atoms with Gasteiger partial charge in [-0.1, -0.05) is 12.1 Å². The van der Waals surface area contributed by atoms with Crippen molar-refractivity contribution < 1.29 is 39.1 Å². The van der Waals surface area contributed by atoms with E-state index in [1.165, 1.54) is 24.5 Å². The van der Waals surface area contributed by atoms with Crippen molar-refractivity contribution in [2.75, 3.05) is 13.7 Å². The molecule has 1 aliphatic rings. The quantitative estimate of drug-likeness (QED) is 0.459. The van der Waals surface area contributed by atoms with Crippen molar-refractivity contribution in [3.63, 3.8) is 0 Å². The Kier molecular flexibility index (Phi) is 5.94. The molecule has 4 N–H and O–H groups in total. The van der Waals surface area contributed by atoms with E-state index in [1.807, 2.05) is 0 Å². The van der Waals surface area contributed by atoms with Gasteiger partial charge in [-0.2, -0.15) is 0 Å².